The van der Waals surface area contributed by atoms with Crippen molar-refractivity contribution in [1.82, 2.24) is 0 Å². The molecule has 17 aromatic carbocycles. The summed E-state index contributed by atoms with van der Waals surface area (Å²) in [5.74, 6) is 0. The number of hydrogen-bond donors (Lipinski definition) is 0. The van der Waals surface area contributed by atoms with E-state index in [2.05, 4.69) is 453 Å². The molecule has 0 N–H and O–H groups in total. The largest absolute Gasteiger partial charge is 0.310 e. The van der Waals surface area contributed by atoms with Crippen LogP contribution in [0.4, 0.5) is 34.1 Å². The van der Waals surface area contributed by atoms with Crippen molar-refractivity contribution >= 4 is 34.1 Å². The van der Waals surface area contributed by atoms with Gasteiger partial charge < -0.3 is 9.80 Å². The molecule has 0 radical (unpaired) electrons. The molecule has 0 saturated carbocycles. The molecule has 2 nitrogen and oxygen atoms in total. The van der Waals surface area contributed by atoms with Gasteiger partial charge in [-0.1, -0.05) is 370 Å². The zero-order chi connectivity index (χ0) is 78.2. The monoisotopic (exact) mass is 1480 g/mol. The highest BCUT2D eigenvalue weighted by atomic mass is 15.2. The summed E-state index contributed by atoms with van der Waals surface area (Å²) in [7, 11) is 0. The zero-order valence-corrected chi connectivity index (χ0v) is 66.6. The van der Waals surface area contributed by atoms with E-state index in [1.54, 1.807) is 0 Å². The first-order valence-corrected chi connectivity index (χ1v) is 41.1. The average Bonchev–Trinajstić information content (AvgIpc) is 1.56. The molecule has 4 aliphatic carbocycles. The SMILES string of the molecule is CC1(C)c2ccccc2-c2ccc(N(c3ccc4c(c3)C(C)(C)c3ccccc3-4)c3ccc(-c4ccc(CC5(C)c6ccccc6-c6ccc(N(c7ccc(-c8cccc9c8C(C)(C)c8ccccc8-9)cc7)c7ccc(-c8ccccc8-c8ccccc8)cc7-c7ccccc7)cc65)cc4-c4ccccc4)cc3-c3ccccc3)cc21. The first-order valence-electron chi connectivity index (χ1n) is 41.1. The van der Waals surface area contributed by atoms with Gasteiger partial charge in [-0.05, 0) is 241 Å². The summed E-state index contributed by atoms with van der Waals surface area (Å²) < 4.78 is 0. The minimum Gasteiger partial charge on any atom is -0.310 e. The maximum Gasteiger partial charge on any atom is 0.0540 e. The summed E-state index contributed by atoms with van der Waals surface area (Å²) in [5.41, 5.74) is 44.6. The van der Waals surface area contributed by atoms with Gasteiger partial charge in [0, 0.05) is 55.5 Å². The lowest BCUT2D eigenvalue weighted by Gasteiger charge is -2.32. The van der Waals surface area contributed by atoms with E-state index in [9.17, 15) is 0 Å². The van der Waals surface area contributed by atoms with Gasteiger partial charge in [0.15, 0.2) is 0 Å². The highest BCUT2D eigenvalue weighted by molar-refractivity contribution is 5.99. The molecule has 2 heteroatoms. The molecular formula is C114H88N2. The minimum absolute atomic E-state index is 0.172. The number of nitrogens with zero attached hydrogens (tertiary/aromatic N) is 2. The van der Waals surface area contributed by atoms with Crippen molar-refractivity contribution in [2.45, 2.75) is 76.5 Å². The van der Waals surface area contributed by atoms with Gasteiger partial charge >= 0.3 is 0 Å². The van der Waals surface area contributed by atoms with Crippen molar-refractivity contribution < 1.29 is 0 Å². The molecule has 1 atom stereocenters. The second kappa shape index (κ2) is 27.3. The minimum atomic E-state index is -0.449. The van der Waals surface area contributed by atoms with Crippen molar-refractivity contribution in [2.24, 2.45) is 0 Å². The second-order valence-corrected chi connectivity index (χ2v) is 34.1. The fourth-order valence-corrected chi connectivity index (χ4v) is 20.6. The Morgan fingerprint density at radius 3 is 0.983 bits per heavy atom. The standard InChI is InChI=1S/C114H88N2/c1-111(2)101-47-26-22-41-90(101)94-62-58-83(70-105(94)111)116(84-59-63-95-91-42-23-27-48-102(91)112(3,4)106(95)71-84)109-66-55-81(69-100(109)78-37-18-11-19-38-78)88-61-51-74(67-98(88)76-33-14-9-15-34-76)73-114(7)104-50-29-25-43-92(104)96-64-60-85(72-107(96)114)115(82-56-52-79(53-57-82)89-45-30-46-97-93-44-24-28-49-103(93)113(5,6)110(89)97)108-65-54-80(68-99(108)77-35-16-10-17-36-77)87-40-21-20-39-86(87)75-31-12-8-13-32-75/h8-72H,73H2,1-7H3. The van der Waals surface area contributed by atoms with Crippen LogP contribution in [0, 0.1) is 0 Å². The van der Waals surface area contributed by atoms with Crippen LogP contribution >= 0.6 is 0 Å². The Bertz CT molecular complexity index is 6650. The van der Waals surface area contributed by atoms with Gasteiger partial charge in [-0.15, -0.1) is 0 Å². The summed E-state index contributed by atoms with van der Waals surface area (Å²) in [6, 6.07) is 149. The van der Waals surface area contributed by atoms with Crippen LogP contribution in [0.25, 0.3) is 122 Å². The molecule has 116 heavy (non-hydrogen) atoms. The smallest absolute Gasteiger partial charge is 0.0540 e. The van der Waals surface area contributed by atoms with Crippen molar-refractivity contribution in [3.8, 4) is 122 Å². The van der Waals surface area contributed by atoms with Crippen LogP contribution in [-0.4, -0.2) is 0 Å². The molecule has 0 spiro atoms. The van der Waals surface area contributed by atoms with Crippen molar-refractivity contribution in [3.63, 3.8) is 0 Å². The third-order valence-corrected chi connectivity index (χ3v) is 26.3. The molecule has 17 aromatic rings. The van der Waals surface area contributed by atoms with Crippen LogP contribution in [-0.2, 0) is 28.1 Å². The van der Waals surface area contributed by atoms with E-state index in [1.165, 1.54) is 139 Å². The molecule has 0 aliphatic heterocycles. The molecule has 554 valence electrons. The van der Waals surface area contributed by atoms with Crippen LogP contribution in [0.15, 0.2) is 394 Å². The van der Waals surface area contributed by atoms with E-state index in [1.807, 2.05) is 0 Å². The Balaban J connectivity index is 0.706. The molecule has 21 rings (SSSR count). The Morgan fingerprint density at radius 2 is 0.491 bits per heavy atom. The van der Waals surface area contributed by atoms with Crippen LogP contribution in [0.5, 0.6) is 0 Å². The zero-order valence-electron chi connectivity index (χ0n) is 66.6. The van der Waals surface area contributed by atoms with E-state index in [4.69, 9.17) is 0 Å². The lowest BCUT2D eigenvalue weighted by atomic mass is 9.74. The molecule has 0 saturated heterocycles. The van der Waals surface area contributed by atoms with Crippen molar-refractivity contribution in [3.05, 3.63) is 444 Å². The third kappa shape index (κ3) is 11.3. The third-order valence-electron chi connectivity index (χ3n) is 26.3. The summed E-state index contributed by atoms with van der Waals surface area (Å²) in [4.78, 5) is 5.08. The quantitative estimate of drug-likeness (QED) is 0.101. The molecular weight excluding hydrogens is 1400 g/mol. The fourth-order valence-electron chi connectivity index (χ4n) is 20.6. The maximum atomic E-state index is 2.55. The topological polar surface area (TPSA) is 6.48 Å². The number of fused-ring (bicyclic) bond motifs is 12. The van der Waals surface area contributed by atoms with Crippen LogP contribution in [0.2, 0.25) is 0 Å². The summed E-state index contributed by atoms with van der Waals surface area (Å²) in [6.45, 7) is 16.8. The number of anilines is 6. The molecule has 0 bridgehead atoms. The van der Waals surface area contributed by atoms with E-state index < -0.39 is 5.41 Å². The predicted octanol–water partition coefficient (Wildman–Crippen LogP) is 30.7. The molecule has 0 heterocycles. The number of benzene rings is 17. The second-order valence-electron chi connectivity index (χ2n) is 34.1. The molecule has 0 fully saturated rings. The summed E-state index contributed by atoms with van der Waals surface area (Å²) in [6.07, 6.45) is 0.760. The fraction of sp³-hybridized carbons (Fsp3) is 0.105. The van der Waals surface area contributed by atoms with Gasteiger partial charge in [-0.2, -0.15) is 0 Å². The summed E-state index contributed by atoms with van der Waals surface area (Å²) >= 11 is 0. The normalized spacial score (nSPS) is 15.0. The predicted molar refractivity (Wildman–Crippen MR) is 489 cm³/mol. The Labute approximate surface area is 682 Å². The van der Waals surface area contributed by atoms with E-state index in [0.717, 1.165) is 73.9 Å². The van der Waals surface area contributed by atoms with Gasteiger partial charge in [0.2, 0.25) is 0 Å². The van der Waals surface area contributed by atoms with Crippen LogP contribution in [0.3, 0.4) is 0 Å². The average molecular weight is 1490 g/mol. The summed E-state index contributed by atoms with van der Waals surface area (Å²) in [5, 5.41) is 0. The van der Waals surface area contributed by atoms with Crippen LogP contribution in [0.1, 0.15) is 98.5 Å². The van der Waals surface area contributed by atoms with E-state index >= 15 is 0 Å². The molecule has 0 amide bonds. The van der Waals surface area contributed by atoms with E-state index in [0.29, 0.717) is 0 Å². The van der Waals surface area contributed by atoms with Gasteiger partial charge in [-0.3, -0.25) is 0 Å². The van der Waals surface area contributed by atoms with Crippen LogP contribution < -0.4 is 9.80 Å². The van der Waals surface area contributed by atoms with Gasteiger partial charge in [-0.25, -0.2) is 0 Å². The lowest BCUT2D eigenvalue weighted by molar-refractivity contribution is 0.583. The van der Waals surface area contributed by atoms with Gasteiger partial charge in [0.05, 0.1) is 11.4 Å². The van der Waals surface area contributed by atoms with Gasteiger partial charge in [0.25, 0.3) is 0 Å². The highest BCUT2D eigenvalue weighted by Crippen LogP contribution is 2.59. The first-order chi connectivity index (χ1) is 56.7. The number of hydrogen-bond acceptors (Lipinski definition) is 2. The first kappa shape index (κ1) is 70.2. The molecule has 0 aromatic heterocycles. The Morgan fingerprint density at radius 1 is 0.181 bits per heavy atom. The number of rotatable bonds is 15. The van der Waals surface area contributed by atoms with Crippen molar-refractivity contribution in [1.29, 1.82) is 0 Å². The molecule has 1 unspecified atom stereocenters. The van der Waals surface area contributed by atoms with Gasteiger partial charge in [0.1, 0.15) is 0 Å². The highest BCUT2D eigenvalue weighted by Gasteiger charge is 2.43. The Kier molecular flexibility index (Phi) is 16.5. The Hall–Kier alpha value is -13.7. The van der Waals surface area contributed by atoms with E-state index in [-0.39, 0.29) is 16.2 Å². The maximum absolute atomic E-state index is 2.55. The van der Waals surface area contributed by atoms with Crippen molar-refractivity contribution in [2.75, 3.05) is 9.80 Å². The lowest BCUT2D eigenvalue weighted by Crippen LogP contribution is -2.24. The molecule has 4 aliphatic rings.